The molecule has 4 aromatic rings. The highest BCUT2D eigenvalue weighted by molar-refractivity contribution is 5.88. The molecule has 0 amide bonds. The maximum atomic E-state index is 13.7. The Kier molecular flexibility index (Phi) is 10.8. The molecule has 6 N–H and O–H groups in total. The summed E-state index contributed by atoms with van der Waals surface area (Å²) in [5.41, 5.74) is 2.15. The van der Waals surface area contributed by atoms with Crippen molar-refractivity contribution in [2.24, 2.45) is 0 Å². The number of aliphatic hydroxyl groups excluding tert-OH is 1. The van der Waals surface area contributed by atoms with Gasteiger partial charge in [0.25, 0.3) is 0 Å². The van der Waals surface area contributed by atoms with E-state index in [4.69, 9.17) is 24.8 Å². The number of furan rings is 1. The number of benzene rings is 1. The van der Waals surface area contributed by atoms with Gasteiger partial charge in [0.05, 0.1) is 44.0 Å². The first-order chi connectivity index (χ1) is 20.2. The quantitative estimate of drug-likeness (QED) is 0.131. The Bertz CT molecular complexity index is 1550. The standard InChI is InChI=1S/C23H27FN4O2.C6H8O7/c1-15-9-16(2)28(26-15)12-19(29)11-27(13-20-5-4-8-30-20)14-23-17(3)21-10-18(24)6-7-22(21)25-23;7-3(8)1-6(13,5(11)12)2-4(9)10/h4-10,19,25,29H,11-14H2,1-3H3;13H,1-2H2,(H,7,8)(H,9,10)(H,11,12). The van der Waals surface area contributed by atoms with Gasteiger partial charge in [-0.05, 0) is 62.7 Å². The lowest BCUT2D eigenvalue weighted by Gasteiger charge is -2.24. The molecule has 0 saturated heterocycles. The summed E-state index contributed by atoms with van der Waals surface area (Å²) in [4.78, 5) is 36.0. The minimum Gasteiger partial charge on any atom is -0.481 e. The van der Waals surface area contributed by atoms with Crippen LogP contribution in [-0.4, -0.2) is 81.4 Å². The molecule has 4 rings (SSSR count). The molecule has 14 heteroatoms. The molecular formula is C29H35FN4O9. The second-order valence-corrected chi connectivity index (χ2v) is 10.4. The van der Waals surface area contributed by atoms with Crippen LogP contribution in [0.25, 0.3) is 10.9 Å². The van der Waals surface area contributed by atoms with Crippen molar-refractivity contribution in [1.29, 1.82) is 0 Å². The minimum absolute atomic E-state index is 0.246. The van der Waals surface area contributed by atoms with Crippen LogP contribution in [0.15, 0.2) is 47.1 Å². The Hall–Kier alpha value is -4.53. The number of hydrogen-bond donors (Lipinski definition) is 6. The smallest absolute Gasteiger partial charge is 0.336 e. The molecule has 3 aromatic heterocycles. The molecule has 0 bridgehead atoms. The van der Waals surface area contributed by atoms with Crippen molar-refractivity contribution in [2.75, 3.05) is 6.54 Å². The third-order valence-corrected chi connectivity index (χ3v) is 6.71. The van der Waals surface area contributed by atoms with Crippen LogP contribution in [0.5, 0.6) is 0 Å². The van der Waals surface area contributed by atoms with Gasteiger partial charge in [0.15, 0.2) is 5.60 Å². The van der Waals surface area contributed by atoms with Crippen molar-refractivity contribution in [3.8, 4) is 0 Å². The Morgan fingerprint density at radius 1 is 1.07 bits per heavy atom. The van der Waals surface area contributed by atoms with E-state index in [0.717, 1.165) is 39.3 Å². The van der Waals surface area contributed by atoms with E-state index in [0.29, 0.717) is 26.2 Å². The molecule has 0 aliphatic heterocycles. The van der Waals surface area contributed by atoms with Gasteiger partial charge in [0.1, 0.15) is 11.6 Å². The van der Waals surface area contributed by atoms with E-state index in [1.807, 2.05) is 43.7 Å². The highest BCUT2D eigenvalue weighted by Gasteiger charge is 2.40. The fourth-order valence-corrected chi connectivity index (χ4v) is 4.67. The van der Waals surface area contributed by atoms with Crippen molar-refractivity contribution in [2.45, 2.75) is 65.0 Å². The average Bonchev–Trinajstić information content (AvgIpc) is 3.59. The molecule has 232 valence electrons. The van der Waals surface area contributed by atoms with Crippen LogP contribution < -0.4 is 0 Å². The van der Waals surface area contributed by atoms with Crippen molar-refractivity contribution in [3.05, 3.63) is 76.9 Å². The van der Waals surface area contributed by atoms with Gasteiger partial charge in [0, 0.05) is 35.4 Å². The number of H-pyrrole nitrogens is 1. The summed E-state index contributed by atoms with van der Waals surface area (Å²) >= 11 is 0. The van der Waals surface area contributed by atoms with Gasteiger partial charge in [-0.2, -0.15) is 5.10 Å². The van der Waals surface area contributed by atoms with E-state index in [2.05, 4.69) is 15.0 Å². The van der Waals surface area contributed by atoms with E-state index in [1.165, 1.54) is 6.07 Å². The first kappa shape index (κ1) is 33.0. The highest BCUT2D eigenvalue weighted by Crippen LogP contribution is 2.24. The lowest BCUT2D eigenvalue weighted by molar-refractivity contribution is -0.170. The third-order valence-electron chi connectivity index (χ3n) is 6.71. The molecule has 0 radical (unpaired) electrons. The topological polar surface area (TPSA) is 202 Å². The number of halogens is 1. The van der Waals surface area contributed by atoms with E-state index >= 15 is 0 Å². The van der Waals surface area contributed by atoms with Crippen molar-refractivity contribution in [1.82, 2.24) is 19.7 Å². The predicted octanol–water partition coefficient (Wildman–Crippen LogP) is 2.84. The third kappa shape index (κ3) is 9.23. The van der Waals surface area contributed by atoms with Gasteiger partial charge in [0.2, 0.25) is 0 Å². The maximum absolute atomic E-state index is 13.7. The summed E-state index contributed by atoms with van der Waals surface area (Å²) in [5, 5.41) is 49.9. The summed E-state index contributed by atoms with van der Waals surface area (Å²) in [6.07, 6.45) is -1.24. The number of aromatic nitrogens is 3. The molecular weight excluding hydrogens is 567 g/mol. The molecule has 1 unspecified atom stereocenters. The second-order valence-electron chi connectivity index (χ2n) is 10.4. The summed E-state index contributed by atoms with van der Waals surface area (Å²) in [6.45, 7) is 7.93. The summed E-state index contributed by atoms with van der Waals surface area (Å²) < 4.78 is 21.0. The van der Waals surface area contributed by atoms with Gasteiger partial charge in [-0.3, -0.25) is 19.2 Å². The molecule has 1 aromatic carbocycles. The minimum atomic E-state index is -2.74. The van der Waals surface area contributed by atoms with Gasteiger partial charge in [-0.1, -0.05) is 0 Å². The van der Waals surface area contributed by atoms with Crippen LogP contribution in [0.1, 0.15) is 41.2 Å². The lowest BCUT2D eigenvalue weighted by atomic mass is 9.96. The van der Waals surface area contributed by atoms with E-state index < -0.39 is 42.5 Å². The first-order valence-corrected chi connectivity index (χ1v) is 13.3. The molecule has 0 aliphatic carbocycles. The Balaban J connectivity index is 0.000000331. The fraction of sp³-hybridized carbons (Fsp3) is 0.379. The van der Waals surface area contributed by atoms with Crippen LogP contribution in [0, 0.1) is 26.6 Å². The number of aromatic amines is 1. The number of nitrogens with zero attached hydrogens (tertiary/aromatic N) is 3. The SMILES string of the molecule is Cc1cc(C)n(CC(O)CN(Cc2ccco2)Cc2[nH]c3ccc(F)cc3c2C)n1.O=C(O)CC(O)(CC(=O)O)C(=O)O. The largest absolute Gasteiger partial charge is 0.481 e. The summed E-state index contributed by atoms with van der Waals surface area (Å²) in [6, 6.07) is 10.6. The van der Waals surface area contributed by atoms with Crippen molar-refractivity contribution < 1.29 is 48.7 Å². The number of carboxylic acid groups (broad SMARTS) is 3. The Labute approximate surface area is 245 Å². The number of carboxylic acids is 3. The first-order valence-electron chi connectivity index (χ1n) is 13.3. The zero-order valence-corrected chi connectivity index (χ0v) is 24.0. The monoisotopic (exact) mass is 602 g/mol. The number of nitrogens with one attached hydrogen (secondary N) is 1. The van der Waals surface area contributed by atoms with E-state index in [-0.39, 0.29) is 5.82 Å². The second kappa shape index (κ2) is 14.1. The van der Waals surface area contributed by atoms with E-state index in [9.17, 15) is 23.9 Å². The number of aliphatic hydroxyl groups is 2. The van der Waals surface area contributed by atoms with Crippen LogP contribution >= 0.6 is 0 Å². The maximum Gasteiger partial charge on any atom is 0.336 e. The average molecular weight is 603 g/mol. The van der Waals surface area contributed by atoms with Gasteiger partial charge >= 0.3 is 17.9 Å². The van der Waals surface area contributed by atoms with Gasteiger partial charge in [-0.15, -0.1) is 0 Å². The van der Waals surface area contributed by atoms with Crippen LogP contribution in [0.3, 0.4) is 0 Å². The molecule has 1 atom stereocenters. The number of aryl methyl sites for hydroxylation is 3. The summed E-state index contributed by atoms with van der Waals surface area (Å²) in [7, 11) is 0. The fourth-order valence-electron chi connectivity index (χ4n) is 4.67. The zero-order chi connectivity index (χ0) is 31.9. The highest BCUT2D eigenvalue weighted by atomic mass is 19.1. The molecule has 3 heterocycles. The van der Waals surface area contributed by atoms with Crippen molar-refractivity contribution in [3.63, 3.8) is 0 Å². The normalized spacial score (nSPS) is 12.3. The molecule has 43 heavy (non-hydrogen) atoms. The number of carbonyl (C=O) groups is 3. The Morgan fingerprint density at radius 2 is 1.74 bits per heavy atom. The molecule has 0 spiro atoms. The number of fused-ring (bicyclic) bond motifs is 1. The molecule has 13 nitrogen and oxygen atoms in total. The van der Waals surface area contributed by atoms with Gasteiger partial charge in [-0.25, -0.2) is 9.18 Å². The van der Waals surface area contributed by atoms with E-state index in [1.54, 1.807) is 18.4 Å². The van der Waals surface area contributed by atoms with Crippen LogP contribution in [-0.2, 0) is 34.0 Å². The zero-order valence-electron chi connectivity index (χ0n) is 24.0. The Morgan fingerprint density at radius 3 is 2.28 bits per heavy atom. The molecule has 0 fully saturated rings. The summed E-state index contributed by atoms with van der Waals surface area (Å²) in [5.74, 6) is -4.44. The van der Waals surface area contributed by atoms with Crippen LogP contribution in [0.2, 0.25) is 0 Å². The number of rotatable bonds is 13. The van der Waals surface area contributed by atoms with Crippen LogP contribution in [0.4, 0.5) is 4.39 Å². The molecule has 0 aliphatic rings. The molecule has 0 saturated carbocycles. The van der Waals surface area contributed by atoms with Gasteiger partial charge < -0.3 is 34.9 Å². The number of aliphatic carboxylic acids is 3. The lowest BCUT2D eigenvalue weighted by Crippen LogP contribution is -2.42. The van der Waals surface area contributed by atoms with Crippen molar-refractivity contribution >= 4 is 28.8 Å². The predicted molar refractivity (Wildman–Crippen MR) is 151 cm³/mol. The number of hydrogen-bond acceptors (Lipinski definition) is 8.